The van der Waals surface area contributed by atoms with Crippen molar-refractivity contribution in [1.29, 1.82) is 5.26 Å². The minimum Gasteiger partial charge on any atom is -0.378 e. The molecule has 4 heteroatoms. The van der Waals surface area contributed by atoms with Crippen LogP contribution in [0, 0.1) is 18.3 Å². The lowest BCUT2D eigenvalue weighted by Crippen LogP contribution is -2.23. The molecule has 0 aliphatic heterocycles. The van der Waals surface area contributed by atoms with Crippen LogP contribution in [0.5, 0.6) is 0 Å². The van der Waals surface area contributed by atoms with Gasteiger partial charge in [-0.2, -0.15) is 5.26 Å². The van der Waals surface area contributed by atoms with Crippen LogP contribution in [-0.2, 0) is 11.3 Å². The Bertz CT molecular complexity index is 838. The van der Waals surface area contributed by atoms with Crippen molar-refractivity contribution in [2.45, 2.75) is 13.5 Å². The van der Waals surface area contributed by atoms with Crippen LogP contribution in [0.3, 0.4) is 0 Å². The van der Waals surface area contributed by atoms with Crippen molar-refractivity contribution in [2.24, 2.45) is 0 Å². The highest BCUT2D eigenvalue weighted by molar-refractivity contribution is 5.97. The summed E-state index contributed by atoms with van der Waals surface area (Å²) in [5.41, 5.74) is 4.37. The molecule has 0 saturated heterocycles. The molecule has 2 aromatic rings. The molecule has 0 aliphatic rings. The fourth-order valence-electron chi connectivity index (χ4n) is 2.29. The maximum Gasteiger partial charge on any atom is 0.262 e. The van der Waals surface area contributed by atoms with Gasteiger partial charge in [-0.25, -0.2) is 0 Å². The van der Waals surface area contributed by atoms with Crippen molar-refractivity contribution in [2.75, 3.05) is 19.0 Å². The number of nitrogens with one attached hydrogen (secondary N) is 1. The first-order valence-corrected chi connectivity index (χ1v) is 8.39. The molecule has 2 rings (SSSR count). The molecule has 26 heavy (non-hydrogen) atoms. The third-order valence-corrected chi connectivity index (χ3v) is 3.90. The van der Waals surface area contributed by atoms with E-state index in [1.165, 1.54) is 11.6 Å². The molecular weight excluding hydrogens is 322 g/mol. The molecule has 0 atom stereocenters. The first-order valence-electron chi connectivity index (χ1n) is 8.39. The zero-order valence-electron chi connectivity index (χ0n) is 15.4. The number of amides is 1. The monoisotopic (exact) mass is 345 g/mol. The Kier molecular flexibility index (Phi) is 6.75. The van der Waals surface area contributed by atoms with Gasteiger partial charge in [-0.1, -0.05) is 54.1 Å². The highest BCUT2D eigenvalue weighted by Gasteiger charge is 2.07. The van der Waals surface area contributed by atoms with Gasteiger partial charge in [0.15, 0.2) is 0 Å². The Balaban J connectivity index is 1.96. The molecule has 0 saturated carbocycles. The normalized spacial score (nSPS) is 11.2. The van der Waals surface area contributed by atoms with E-state index in [-0.39, 0.29) is 11.5 Å². The number of nitrogens with zero attached hydrogens (tertiary/aromatic N) is 2. The van der Waals surface area contributed by atoms with Gasteiger partial charge in [-0.05, 0) is 36.3 Å². The molecular formula is C22H23N3O. The summed E-state index contributed by atoms with van der Waals surface area (Å²) in [6, 6.07) is 17.9. The van der Waals surface area contributed by atoms with Gasteiger partial charge in [-0.3, -0.25) is 4.79 Å². The fourth-order valence-corrected chi connectivity index (χ4v) is 2.29. The molecule has 0 aliphatic carbocycles. The Morgan fingerprint density at radius 2 is 1.77 bits per heavy atom. The van der Waals surface area contributed by atoms with E-state index in [0.717, 1.165) is 16.8 Å². The topological polar surface area (TPSA) is 56.1 Å². The number of hydrogen-bond donors (Lipinski definition) is 1. The van der Waals surface area contributed by atoms with Gasteiger partial charge < -0.3 is 10.2 Å². The summed E-state index contributed by atoms with van der Waals surface area (Å²) in [7, 11) is 3.98. The molecule has 0 bridgehead atoms. The minimum absolute atomic E-state index is 0.0817. The zero-order chi connectivity index (χ0) is 18.9. The highest BCUT2D eigenvalue weighted by Crippen LogP contribution is 2.13. The molecule has 0 heterocycles. The Morgan fingerprint density at radius 1 is 1.12 bits per heavy atom. The second kappa shape index (κ2) is 9.24. The predicted octanol–water partition coefficient (Wildman–Crippen LogP) is 3.84. The Hall–Kier alpha value is -3.32. The predicted molar refractivity (Wildman–Crippen MR) is 107 cm³/mol. The average molecular weight is 345 g/mol. The largest absolute Gasteiger partial charge is 0.378 e. The molecule has 0 unspecified atom stereocenters. The van der Waals surface area contributed by atoms with Gasteiger partial charge >= 0.3 is 0 Å². The van der Waals surface area contributed by atoms with Gasteiger partial charge in [0, 0.05) is 26.3 Å². The number of rotatable bonds is 6. The van der Waals surface area contributed by atoms with Crippen LogP contribution in [0.25, 0.3) is 6.08 Å². The summed E-state index contributed by atoms with van der Waals surface area (Å²) in [5, 5.41) is 12.0. The number of allylic oxidation sites excluding steroid dienone is 2. The Labute approximate surface area is 155 Å². The Morgan fingerprint density at radius 3 is 2.35 bits per heavy atom. The molecule has 0 fully saturated rings. The number of carbonyl (C=O) groups is 1. The molecule has 4 nitrogen and oxygen atoms in total. The number of hydrogen-bond acceptors (Lipinski definition) is 3. The first kappa shape index (κ1) is 19.0. The number of anilines is 1. The number of carbonyl (C=O) groups excluding carboxylic acids is 1. The molecule has 1 N–H and O–H groups in total. The van der Waals surface area contributed by atoms with E-state index in [2.05, 4.69) is 5.32 Å². The van der Waals surface area contributed by atoms with Crippen molar-refractivity contribution < 1.29 is 4.79 Å². The standard InChI is InChI=1S/C22H23N3O/c1-17-7-9-19(10-8-17)16-24-22(26)20(15-23)6-4-5-18-11-13-21(14-12-18)25(2)3/h4-14H,16H2,1-3H3,(H,24,26)/b5-4+,20-6+. The maximum atomic E-state index is 12.1. The van der Waals surface area contributed by atoms with E-state index < -0.39 is 0 Å². The number of aryl methyl sites for hydroxylation is 1. The van der Waals surface area contributed by atoms with Gasteiger partial charge in [0.2, 0.25) is 0 Å². The summed E-state index contributed by atoms with van der Waals surface area (Å²) in [6.45, 7) is 2.41. The number of nitriles is 1. The summed E-state index contributed by atoms with van der Waals surface area (Å²) in [4.78, 5) is 14.2. The smallest absolute Gasteiger partial charge is 0.262 e. The molecule has 132 valence electrons. The van der Waals surface area contributed by atoms with Crippen LogP contribution in [0.2, 0.25) is 0 Å². The fraction of sp³-hybridized carbons (Fsp3) is 0.182. The third-order valence-electron chi connectivity index (χ3n) is 3.90. The minimum atomic E-state index is -0.374. The van der Waals surface area contributed by atoms with E-state index in [4.69, 9.17) is 0 Å². The van der Waals surface area contributed by atoms with Crippen LogP contribution in [0.15, 0.2) is 66.3 Å². The summed E-state index contributed by atoms with van der Waals surface area (Å²) < 4.78 is 0. The second-order valence-corrected chi connectivity index (χ2v) is 6.21. The molecule has 0 aromatic heterocycles. The molecule has 0 radical (unpaired) electrons. The van der Waals surface area contributed by atoms with Gasteiger partial charge in [0.25, 0.3) is 5.91 Å². The lowest BCUT2D eigenvalue weighted by atomic mass is 10.1. The van der Waals surface area contributed by atoms with E-state index >= 15 is 0 Å². The highest BCUT2D eigenvalue weighted by atomic mass is 16.1. The van der Waals surface area contributed by atoms with Gasteiger partial charge in [0.05, 0.1) is 0 Å². The number of benzene rings is 2. The average Bonchev–Trinajstić information content (AvgIpc) is 2.65. The van der Waals surface area contributed by atoms with E-state index in [0.29, 0.717) is 6.54 Å². The van der Waals surface area contributed by atoms with Crippen LogP contribution in [0.1, 0.15) is 16.7 Å². The van der Waals surface area contributed by atoms with Crippen molar-refractivity contribution >= 4 is 17.7 Å². The van der Waals surface area contributed by atoms with Crippen molar-refractivity contribution in [3.8, 4) is 6.07 Å². The second-order valence-electron chi connectivity index (χ2n) is 6.21. The SMILES string of the molecule is Cc1ccc(CNC(=O)/C(C#N)=C/C=C/c2ccc(N(C)C)cc2)cc1. The van der Waals surface area contributed by atoms with E-state index in [1.54, 1.807) is 6.08 Å². The van der Waals surface area contributed by atoms with Gasteiger partial charge in [0.1, 0.15) is 11.6 Å². The quantitative estimate of drug-likeness (QED) is 0.492. The van der Waals surface area contributed by atoms with E-state index in [9.17, 15) is 10.1 Å². The molecule has 2 aromatic carbocycles. The van der Waals surface area contributed by atoms with Gasteiger partial charge in [-0.15, -0.1) is 0 Å². The van der Waals surface area contributed by atoms with Crippen LogP contribution in [0.4, 0.5) is 5.69 Å². The summed E-state index contributed by atoms with van der Waals surface area (Å²) in [5.74, 6) is -0.374. The third kappa shape index (κ3) is 5.64. The molecule has 0 spiro atoms. The summed E-state index contributed by atoms with van der Waals surface area (Å²) in [6.07, 6.45) is 5.11. The van der Waals surface area contributed by atoms with E-state index in [1.807, 2.05) is 86.6 Å². The lowest BCUT2D eigenvalue weighted by Gasteiger charge is -2.11. The van der Waals surface area contributed by atoms with Crippen molar-refractivity contribution in [1.82, 2.24) is 5.32 Å². The lowest BCUT2D eigenvalue weighted by molar-refractivity contribution is -0.117. The summed E-state index contributed by atoms with van der Waals surface area (Å²) >= 11 is 0. The maximum absolute atomic E-state index is 12.1. The van der Waals surface area contributed by atoms with Crippen molar-refractivity contribution in [3.05, 3.63) is 82.9 Å². The molecule has 1 amide bonds. The zero-order valence-corrected chi connectivity index (χ0v) is 15.4. The van der Waals surface area contributed by atoms with Crippen LogP contribution in [-0.4, -0.2) is 20.0 Å². The first-order chi connectivity index (χ1) is 12.5. The van der Waals surface area contributed by atoms with Crippen molar-refractivity contribution in [3.63, 3.8) is 0 Å². The van der Waals surface area contributed by atoms with Crippen LogP contribution < -0.4 is 10.2 Å². The van der Waals surface area contributed by atoms with Crippen LogP contribution >= 0.6 is 0 Å².